The number of rotatable bonds is 14. The first-order chi connectivity index (χ1) is 23.6. The first-order valence-corrected chi connectivity index (χ1v) is 15.0. The van der Waals surface area contributed by atoms with Crippen LogP contribution in [0, 0.1) is 5.82 Å². The Morgan fingerprint density at radius 2 is 1.49 bits per heavy atom. The summed E-state index contributed by atoms with van der Waals surface area (Å²) in [5.41, 5.74) is -0.0144. The van der Waals surface area contributed by atoms with Crippen LogP contribution in [0.4, 0.5) is 9.18 Å². The van der Waals surface area contributed by atoms with E-state index in [1.807, 2.05) is 0 Å². The Labute approximate surface area is 281 Å². The van der Waals surface area contributed by atoms with Crippen molar-refractivity contribution in [2.45, 2.75) is 25.0 Å². The molecule has 0 unspecified atom stereocenters. The standard InChI is InChI=1S/C34H37FN2O12/c1-43-18-47-26-8-5-7-23(35)29(26)30(38)20-10-12-21(13-11-20)33(40)49-25-9-6-14-37(34(41)42)17-24(25)36-32(39)22-15-27(45-3)31(48-19-44-2)28(16-22)46-4/h5,7-8,10-13,15-16,24-25H,6,9,14,17-19H2,1-4H3,(H,36,39)(H,41,42)/t24-,25-/m1/s1. The van der Waals surface area contributed by atoms with E-state index in [0.29, 0.717) is 6.42 Å². The molecule has 1 aliphatic heterocycles. The minimum atomic E-state index is -1.19. The SMILES string of the molecule is COCOc1cccc(F)c1C(=O)c1ccc(C(=O)O[C@@H]2CCCN(C(=O)O)C[C@H]2NC(=O)c2cc(OC)c(OCOC)c(OC)c2)cc1. The second kappa shape index (κ2) is 17.1. The second-order valence-corrected chi connectivity index (χ2v) is 10.7. The van der Waals surface area contributed by atoms with E-state index >= 15 is 0 Å². The van der Waals surface area contributed by atoms with E-state index < -0.39 is 41.7 Å². The summed E-state index contributed by atoms with van der Waals surface area (Å²) in [6.45, 7) is -0.300. The van der Waals surface area contributed by atoms with Gasteiger partial charge in [0.25, 0.3) is 5.91 Å². The van der Waals surface area contributed by atoms with Crippen molar-refractivity contribution in [1.82, 2.24) is 10.2 Å². The fourth-order valence-corrected chi connectivity index (χ4v) is 5.18. The molecule has 0 radical (unpaired) electrons. The molecule has 2 atom stereocenters. The van der Waals surface area contributed by atoms with Crippen LogP contribution in [0.2, 0.25) is 0 Å². The number of nitrogens with zero attached hydrogens (tertiary/aromatic N) is 1. The molecule has 1 aliphatic rings. The summed E-state index contributed by atoms with van der Waals surface area (Å²) < 4.78 is 51.9. The number of nitrogens with one attached hydrogen (secondary N) is 1. The van der Waals surface area contributed by atoms with Gasteiger partial charge in [-0.25, -0.2) is 14.0 Å². The van der Waals surface area contributed by atoms with Gasteiger partial charge < -0.3 is 48.5 Å². The molecule has 1 saturated heterocycles. The third-order valence-electron chi connectivity index (χ3n) is 7.59. The molecule has 14 nitrogen and oxygen atoms in total. The van der Waals surface area contributed by atoms with Gasteiger partial charge >= 0.3 is 12.1 Å². The smallest absolute Gasteiger partial charge is 0.407 e. The van der Waals surface area contributed by atoms with Crippen molar-refractivity contribution in [2.75, 3.05) is 55.1 Å². The molecule has 2 amide bonds. The molecule has 0 aliphatic carbocycles. The highest BCUT2D eigenvalue weighted by Gasteiger charge is 2.34. The van der Waals surface area contributed by atoms with Gasteiger partial charge in [0.1, 0.15) is 23.2 Å². The van der Waals surface area contributed by atoms with Crippen molar-refractivity contribution >= 4 is 23.8 Å². The van der Waals surface area contributed by atoms with E-state index in [2.05, 4.69) is 5.32 Å². The fraction of sp³-hybridized carbons (Fsp3) is 0.353. The van der Waals surface area contributed by atoms with Gasteiger partial charge in [-0.05, 0) is 49.2 Å². The maximum atomic E-state index is 14.7. The molecule has 1 heterocycles. The van der Waals surface area contributed by atoms with Crippen LogP contribution in [-0.4, -0.2) is 101 Å². The van der Waals surface area contributed by atoms with Crippen LogP contribution in [0.25, 0.3) is 0 Å². The molecule has 1 fully saturated rings. The third-order valence-corrected chi connectivity index (χ3v) is 7.59. The molecule has 3 aromatic rings. The fourth-order valence-electron chi connectivity index (χ4n) is 5.18. The van der Waals surface area contributed by atoms with Gasteiger partial charge in [0.05, 0.1) is 25.8 Å². The summed E-state index contributed by atoms with van der Waals surface area (Å²) in [7, 11) is 5.61. The van der Waals surface area contributed by atoms with Gasteiger partial charge in [0.15, 0.2) is 30.9 Å². The molecule has 4 rings (SSSR count). The molecular weight excluding hydrogens is 647 g/mol. The lowest BCUT2D eigenvalue weighted by molar-refractivity contribution is 0.0178. The lowest BCUT2D eigenvalue weighted by atomic mass is 10.0. The number of benzene rings is 3. The number of ketones is 1. The van der Waals surface area contributed by atoms with Crippen molar-refractivity contribution in [3.8, 4) is 23.0 Å². The normalized spacial score (nSPS) is 15.8. The third kappa shape index (κ3) is 8.94. The Balaban J connectivity index is 1.54. The van der Waals surface area contributed by atoms with Crippen molar-refractivity contribution < 1.29 is 61.8 Å². The monoisotopic (exact) mass is 684 g/mol. The summed E-state index contributed by atoms with van der Waals surface area (Å²) in [6.07, 6.45) is -1.52. The maximum Gasteiger partial charge on any atom is 0.407 e. The van der Waals surface area contributed by atoms with Gasteiger partial charge in [-0.15, -0.1) is 0 Å². The van der Waals surface area contributed by atoms with Crippen LogP contribution in [-0.2, 0) is 14.2 Å². The van der Waals surface area contributed by atoms with Crippen LogP contribution < -0.4 is 24.3 Å². The quantitative estimate of drug-likeness (QED) is 0.142. The first kappa shape index (κ1) is 36.4. The van der Waals surface area contributed by atoms with E-state index in [9.17, 15) is 28.7 Å². The first-order valence-electron chi connectivity index (χ1n) is 15.0. The van der Waals surface area contributed by atoms with Crippen molar-refractivity contribution in [3.05, 3.63) is 82.7 Å². The Bertz CT molecular complexity index is 1620. The molecule has 0 spiro atoms. The number of likely N-dealkylation sites (tertiary alicyclic amines) is 1. The molecular formula is C34H37FN2O12. The van der Waals surface area contributed by atoms with Gasteiger partial charge in [0.2, 0.25) is 5.75 Å². The summed E-state index contributed by atoms with van der Waals surface area (Å²) in [5.74, 6) is -2.26. The summed E-state index contributed by atoms with van der Waals surface area (Å²) in [5, 5.41) is 12.5. The predicted octanol–water partition coefficient (Wildman–Crippen LogP) is 4.14. The lowest BCUT2D eigenvalue weighted by Crippen LogP contribution is -2.51. The van der Waals surface area contributed by atoms with E-state index in [-0.39, 0.29) is 78.3 Å². The topological polar surface area (TPSA) is 168 Å². The number of amides is 2. The second-order valence-electron chi connectivity index (χ2n) is 10.7. The average Bonchev–Trinajstić information content (AvgIpc) is 3.31. The largest absolute Gasteiger partial charge is 0.493 e. The van der Waals surface area contributed by atoms with E-state index in [0.717, 1.165) is 11.0 Å². The molecule has 15 heteroatoms. The van der Waals surface area contributed by atoms with E-state index in [1.54, 1.807) is 0 Å². The zero-order chi connectivity index (χ0) is 35.5. The zero-order valence-corrected chi connectivity index (χ0v) is 27.4. The number of hydrogen-bond acceptors (Lipinski definition) is 11. The highest BCUT2D eigenvalue weighted by Crippen LogP contribution is 2.38. The zero-order valence-electron chi connectivity index (χ0n) is 27.4. The summed E-state index contributed by atoms with van der Waals surface area (Å²) in [4.78, 5) is 53.1. The van der Waals surface area contributed by atoms with Gasteiger partial charge in [0, 0.05) is 38.4 Å². The van der Waals surface area contributed by atoms with Gasteiger partial charge in [-0.3, -0.25) is 9.59 Å². The number of methoxy groups -OCH3 is 4. The van der Waals surface area contributed by atoms with Crippen LogP contribution in [0.15, 0.2) is 54.6 Å². The highest BCUT2D eigenvalue weighted by molar-refractivity contribution is 6.11. The minimum absolute atomic E-state index is 0.000508. The molecule has 0 saturated carbocycles. The number of ether oxygens (including phenoxy) is 7. The molecule has 262 valence electrons. The number of carbonyl (C=O) groups is 4. The van der Waals surface area contributed by atoms with Crippen molar-refractivity contribution in [2.24, 2.45) is 0 Å². The molecule has 3 aromatic carbocycles. The van der Waals surface area contributed by atoms with Gasteiger partial charge in [-0.2, -0.15) is 0 Å². The van der Waals surface area contributed by atoms with Crippen molar-refractivity contribution in [3.63, 3.8) is 0 Å². The number of esters is 1. The Morgan fingerprint density at radius 3 is 2.10 bits per heavy atom. The maximum absolute atomic E-state index is 14.7. The average molecular weight is 685 g/mol. The van der Waals surface area contributed by atoms with E-state index in [4.69, 9.17) is 33.2 Å². The van der Waals surface area contributed by atoms with Crippen LogP contribution in [0.3, 0.4) is 0 Å². The number of hydrogen-bond donors (Lipinski definition) is 2. The molecule has 0 aromatic heterocycles. The van der Waals surface area contributed by atoms with Gasteiger partial charge in [-0.1, -0.05) is 18.2 Å². The highest BCUT2D eigenvalue weighted by atomic mass is 19.1. The lowest BCUT2D eigenvalue weighted by Gasteiger charge is -2.28. The van der Waals surface area contributed by atoms with Crippen LogP contribution in [0.1, 0.15) is 49.5 Å². The Morgan fingerprint density at radius 1 is 0.857 bits per heavy atom. The molecule has 2 N–H and O–H groups in total. The number of carbonyl (C=O) groups excluding carboxylic acids is 3. The van der Waals surface area contributed by atoms with Crippen molar-refractivity contribution in [1.29, 1.82) is 0 Å². The van der Waals surface area contributed by atoms with E-state index in [1.165, 1.54) is 77.0 Å². The molecule has 0 bridgehead atoms. The summed E-state index contributed by atoms with van der Waals surface area (Å²) >= 11 is 0. The Hall–Kier alpha value is -5.41. The number of carboxylic acid groups (broad SMARTS) is 1. The molecule has 49 heavy (non-hydrogen) atoms. The minimum Gasteiger partial charge on any atom is -0.493 e. The predicted molar refractivity (Wildman–Crippen MR) is 170 cm³/mol. The van der Waals surface area contributed by atoms with Crippen LogP contribution in [0.5, 0.6) is 23.0 Å². The summed E-state index contributed by atoms with van der Waals surface area (Å²) in [6, 6.07) is 11.3. The Kier molecular flexibility index (Phi) is 12.7. The number of halogens is 1. The van der Waals surface area contributed by atoms with Crippen LogP contribution >= 0.6 is 0 Å².